The van der Waals surface area contributed by atoms with Gasteiger partial charge >= 0.3 is 0 Å². The van der Waals surface area contributed by atoms with E-state index in [0.29, 0.717) is 5.69 Å². The number of amides is 1. The molecular formula is C8H10N4O3. The van der Waals surface area contributed by atoms with Gasteiger partial charge in [0.1, 0.15) is 6.04 Å². The molecule has 1 aliphatic rings. The summed E-state index contributed by atoms with van der Waals surface area (Å²) in [4.78, 5) is 21.6. The fourth-order valence-corrected chi connectivity index (χ4v) is 1.74. The SMILES string of the molecule is O=C1CCC([N+](=O)[O-])C(c2ccn[nH]2)N1. The molecule has 15 heavy (non-hydrogen) atoms. The lowest BCUT2D eigenvalue weighted by molar-refractivity contribution is -0.529. The Kier molecular flexibility index (Phi) is 2.36. The number of hydrogen-bond donors (Lipinski definition) is 2. The van der Waals surface area contributed by atoms with E-state index in [-0.39, 0.29) is 23.7 Å². The van der Waals surface area contributed by atoms with Gasteiger partial charge in [0.2, 0.25) is 11.9 Å². The Bertz CT molecular complexity index is 375. The summed E-state index contributed by atoms with van der Waals surface area (Å²) >= 11 is 0. The van der Waals surface area contributed by atoms with Gasteiger partial charge < -0.3 is 5.32 Å². The lowest BCUT2D eigenvalue weighted by atomic mass is 9.96. The molecule has 0 radical (unpaired) electrons. The van der Waals surface area contributed by atoms with Crippen molar-refractivity contribution in [3.8, 4) is 0 Å². The maximum Gasteiger partial charge on any atom is 0.239 e. The first-order valence-corrected chi connectivity index (χ1v) is 4.60. The fraction of sp³-hybridized carbons (Fsp3) is 0.500. The minimum Gasteiger partial charge on any atom is -0.341 e. The number of aromatic nitrogens is 2. The molecule has 1 aliphatic heterocycles. The smallest absolute Gasteiger partial charge is 0.239 e. The Morgan fingerprint density at radius 3 is 3.00 bits per heavy atom. The first-order chi connectivity index (χ1) is 7.18. The van der Waals surface area contributed by atoms with Crippen LogP contribution in [0, 0.1) is 10.1 Å². The van der Waals surface area contributed by atoms with Crippen molar-refractivity contribution in [2.75, 3.05) is 0 Å². The van der Waals surface area contributed by atoms with Gasteiger partial charge in [-0.05, 0) is 6.07 Å². The molecule has 0 spiro atoms. The van der Waals surface area contributed by atoms with Crippen LogP contribution in [-0.4, -0.2) is 27.1 Å². The molecule has 0 saturated carbocycles. The number of carbonyl (C=O) groups is 1. The van der Waals surface area contributed by atoms with Crippen LogP contribution in [0.5, 0.6) is 0 Å². The average molecular weight is 210 g/mol. The van der Waals surface area contributed by atoms with Crippen LogP contribution in [0.3, 0.4) is 0 Å². The molecule has 1 fully saturated rings. The summed E-state index contributed by atoms with van der Waals surface area (Å²) in [5.74, 6) is -0.160. The van der Waals surface area contributed by atoms with Gasteiger partial charge in [-0.1, -0.05) is 0 Å². The highest BCUT2D eigenvalue weighted by Gasteiger charge is 2.38. The summed E-state index contributed by atoms with van der Waals surface area (Å²) in [5.41, 5.74) is 0.574. The molecule has 7 heteroatoms. The number of H-pyrrole nitrogens is 1. The number of aromatic amines is 1. The Morgan fingerprint density at radius 2 is 2.40 bits per heavy atom. The Balaban J connectivity index is 2.24. The second kappa shape index (κ2) is 3.68. The number of piperidine rings is 1. The Labute approximate surface area is 85.0 Å². The van der Waals surface area contributed by atoms with Crippen LogP contribution >= 0.6 is 0 Å². The normalized spacial score (nSPS) is 26.0. The van der Waals surface area contributed by atoms with E-state index in [0.717, 1.165) is 0 Å². The first-order valence-electron chi connectivity index (χ1n) is 4.60. The number of hydrogen-bond acceptors (Lipinski definition) is 4. The predicted molar refractivity (Wildman–Crippen MR) is 49.5 cm³/mol. The second-order valence-corrected chi connectivity index (χ2v) is 3.45. The van der Waals surface area contributed by atoms with E-state index in [1.807, 2.05) is 0 Å². The zero-order chi connectivity index (χ0) is 10.8. The number of rotatable bonds is 2. The zero-order valence-corrected chi connectivity index (χ0v) is 7.84. The van der Waals surface area contributed by atoms with Crippen molar-refractivity contribution >= 4 is 5.91 Å². The van der Waals surface area contributed by atoms with Crippen LogP contribution in [0.1, 0.15) is 24.6 Å². The van der Waals surface area contributed by atoms with E-state index in [4.69, 9.17) is 0 Å². The van der Waals surface area contributed by atoms with Crippen LogP contribution in [0.4, 0.5) is 0 Å². The molecule has 2 heterocycles. The van der Waals surface area contributed by atoms with E-state index in [9.17, 15) is 14.9 Å². The molecule has 7 nitrogen and oxygen atoms in total. The van der Waals surface area contributed by atoms with Crippen LogP contribution in [-0.2, 0) is 4.79 Å². The van der Waals surface area contributed by atoms with Crippen molar-refractivity contribution in [3.63, 3.8) is 0 Å². The molecule has 80 valence electrons. The summed E-state index contributed by atoms with van der Waals surface area (Å²) < 4.78 is 0. The van der Waals surface area contributed by atoms with Gasteiger partial charge in [0, 0.05) is 24.0 Å². The first kappa shape index (κ1) is 9.63. The summed E-state index contributed by atoms with van der Waals surface area (Å²) in [5, 5.41) is 19.7. The molecule has 1 saturated heterocycles. The molecule has 1 aromatic heterocycles. The molecule has 2 rings (SSSR count). The third-order valence-corrected chi connectivity index (χ3v) is 2.50. The van der Waals surface area contributed by atoms with Gasteiger partial charge in [-0.3, -0.25) is 20.0 Å². The van der Waals surface area contributed by atoms with Crippen molar-refractivity contribution < 1.29 is 9.72 Å². The highest BCUT2D eigenvalue weighted by Crippen LogP contribution is 2.24. The van der Waals surface area contributed by atoms with E-state index in [1.54, 1.807) is 6.07 Å². The quantitative estimate of drug-likeness (QED) is 0.530. The van der Waals surface area contributed by atoms with Crippen LogP contribution in [0.2, 0.25) is 0 Å². The van der Waals surface area contributed by atoms with Gasteiger partial charge in [-0.25, -0.2) is 0 Å². The molecule has 1 amide bonds. The molecule has 0 aliphatic carbocycles. The van der Waals surface area contributed by atoms with Crippen LogP contribution < -0.4 is 5.32 Å². The van der Waals surface area contributed by atoms with Gasteiger partial charge in [-0.2, -0.15) is 5.10 Å². The number of carbonyl (C=O) groups excluding carboxylic acids is 1. The monoisotopic (exact) mass is 210 g/mol. The highest BCUT2D eigenvalue weighted by molar-refractivity contribution is 5.77. The average Bonchev–Trinajstić information content (AvgIpc) is 2.69. The summed E-state index contributed by atoms with van der Waals surface area (Å²) in [7, 11) is 0. The van der Waals surface area contributed by atoms with Crippen molar-refractivity contribution in [2.24, 2.45) is 0 Å². The topological polar surface area (TPSA) is 101 Å². The largest absolute Gasteiger partial charge is 0.341 e. The summed E-state index contributed by atoms with van der Waals surface area (Å²) in [6, 6.07) is 0.263. The standard InChI is InChI=1S/C8H10N4O3/c13-7-2-1-6(12(14)15)8(10-7)5-3-4-9-11-5/h3-4,6,8H,1-2H2,(H,9,11)(H,10,13). The highest BCUT2D eigenvalue weighted by atomic mass is 16.6. The van der Waals surface area contributed by atoms with Crippen LogP contribution in [0.15, 0.2) is 12.3 Å². The molecule has 2 N–H and O–H groups in total. The fourth-order valence-electron chi connectivity index (χ4n) is 1.74. The van der Waals surface area contributed by atoms with E-state index in [1.165, 1.54) is 6.20 Å². The van der Waals surface area contributed by atoms with Gasteiger partial charge in [0.05, 0.1) is 5.69 Å². The van der Waals surface area contributed by atoms with Gasteiger partial charge in [0.15, 0.2) is 0 Å². The lowest BCUT2D eigenvalue weighted by Crippen LogP contribution is -2.45. The molecule has 2 unspecified atom stereocenters. The minimum absolute atomic E-state index is 0.160. The number of nitrogens with zero attached hydrogens (tertiary/aromatic N) is 2. The van der Waals surface area contributed by atoms with Gasteiger partial charge in [0.25, 0.3) is 0 Å². The molecule has 0 bridgehead atoms. The van der Waals surface area contributed by atoms with E-state index in [2.05, 4.69) is 15.5 Å². The zero-order valence-electron chi connectivity index (χ0n) is 7.84. The summed E-state index contributed by atoms with van der Waals surface area (Å²) in [6.45, 7) is 0. The van der Waals surface area contributed by atoms with Crippen LogP contribution in [0.25, 0.3) is 0 Å². The van der Waals surface area contributed by atoms with Gasteiger partial charge in [-0.15, -0.1) is 0 Å². The lowest BCUT2D eigenvalue weighted by Gasteiger charge is -2.25. The predicted octanol–water partition coefficient (Wildman–Crippen LogP) is 0.00610. The summed E-state index contributed by atoms with van der Waals surface area (Å²) in [6.07, 6.45) is 1.98. The second-order valence-electron chi connectivity index (χ2n) is 3.45. The van der Waals surface area contributed by atoms with Crippen molar-refractivity contribution in [2.45, 2.75) is 24.9 Å². The van der Waals surface area contributed by atoms with Crippen molar-refractivity contribution in [1.82, 2.24) is 15.5 Å². The molecule has 2 atom stereocenters. The van der Waals surface area contributed by atoms with E-state index >= 15 is 0 Å². The Morgan fingerprint density at radius 1 is 1.60 bits per heavy atom. The maximum absolute atomic E-state index is 11.2. The third-order valence-electron chi connectivity index (χ3n) is 2.50. The van der Waals surface area contributed by atoms with E-state index < -0.39 is 12.1 Å². The third kappa shape index (κ3) is 1.80. The van der Waals surface area contributed by atoms with Crippen molar-refractivity contribution in [3.05, 3.63) is 28.1 Å². The maximum atomic E-state index is 11.2. The number of nitrogens with one attached hydrogen (secondary N) is 2. The van der Waals surface area contributed by atoms with Crippen molar-refractivity contribution in [1.29, 1.82) is 0 Å². The number of nitro groups is 1. The molecule has 1 aromatic rings. The molecular weight excluding hydrogens is 200 g/mol. The molecule has 0 aromatic carbocycles. The minimum atomic E-state index is -0.775. The Hall–Kier alpha value is -1.92.